The van der Waals surface area contributed by atoms with Gasteiger partial charge in [-0.1, -0.05) is 29.8 Å². The smallest absolute Gasteiger partial charge is 0.240 e. The predicted octanol–water partition coefficient (Wildman–Crippen LogP) is 2.09. The molecule has 0 bridgehead atoms. The molecular weight excluding hydrogens is 300 g/mol. The molecule has 1 N–H and O–H groups in total. The van der Waals surface area contributed by atoms with Gasteiger partial charge in [-0.25, -0.2) is 18.1 Å². The average Bonchev–Trinajstić information content (AvgIpc) is 2.45. The van der Waals surface area contributed by atoms with Crippen molar-refractivity contribution in [1.29, 1.82) is 0 Å². The highest BCUT2D eigenvalue weighted by Crippen LogP contribution is 2.12. The standard InChI is InChI=1S/C13H13ClN2O3S/c14-13-10-12(6-7-15-13)20(17,18)16-8-9-19-11-4-2-1-3-5-11/h1-7,10,16H,8-9H2. The number of hydrogen-bond acceptors (Lipinski definition) is 4. The lowest BCUT2D eigenvalue weighted by molar-refractivity contribution is 0.323. The number of para-hydroxylation sites is 1. The second kappa shape index (κ2) is 6.69. The van der Waals surface area contributed by atoms with Crippen LogP contribution in [0.15, 0.2) is 53.6 Å². The number of rotatable bonds is 6. The molecule has 0 radical (unpaired) electrons. The van der Waals surface area contributed by atoms with Crippen molar-refractivity contribution in [2.75, 3.05) is 13.2 Å². The van der Waals surface area contributed by atoms with Gasteiger partial charge < -0.3 is 4.74 Å². The lowest BCUT2D eigenvalue weighted by Gasteiger charge is -2.08. The molecule has 0 amide bonds. The van der Waals surface area contributed by atoms with Crippen LogP contribution in [0.4, 0.5) is 0 Å². The molecule has 106 valence electrons. The quantitative estimate of drug-likeness (QED) is 0.655. The Balaban J connectivity index is 1.87. The zero-order valence-corrected chi connectivity index (χ0v) is 12.1. The SMILES string of the molecule is O=S(=O)(NCCOc1ccccc1)c1ccnc(Cl)c1. The van der Waals surface area contributed by atoms with Gasteiger partial charge in [-0.05, 0) is 24.3 Å². The molecule has 1 aromatic carbocycles. The Kier molecular flexibility index (Phi) is 4.94. The second-order valence-electron chi connectivity index (χ2n) is 3.87. The Morgan fingerprint density at radius 1 is 1.20 bits per heavy atom. The van der Waals surface area contributed by atoms with E-state index in [1.807, 2.05) is 18.2 Å². The molecule has 2 aromatic rings. The molecule has 0 atom stereocenters. The summed E-state index contributed by atoms with van der Waals surface area (Å²) in [4.78, 5) is 3.82. The van der Waals surface area contributed by atoms with E-state index in [-0.39, 0.29) is 23.2 Å². The predicted molar refractivity (Wildman–Crippen MR) is 76.4 cm³/mol. The topological polar surface area (TPSA) is 68.3 Å². The highest BCUT2D eigenvalue weighted by atomic mass is 35.5. The number of benzene rings is 1. The summed E-state index contributed by atoms with van der Waals surface area (Å²) in [5.41, 5.74) is 0. The lowest BCUT2D eigenvalue weighted by atomic mass is 10.3. The van der Waals surface area contributed by atoms with Gasteiger partial charge in [0.1, 0.15) is 17.5 Å². The van der Waals surface area contributed by atoms with Crippen LogP contribution in [0.25, 0.3) is 0 Å². The van der Waals surface area contributed by atoms with E-state index in [4.69, 9.17) is 16.3 Å². The number of halogens is 1. The van der Waals surface area contributed by atoms with Gasteiger partial charge in [-0.15, -0.1) is 0 Å². The van der Waals surface area contributed by atoms with E-state index >= 15 is 0 Å². The highest BCUT2D eigenvalue weighted by molar-refractivity contribution is 7.89. The Morgan fingerprint density at radius 2 is 1.95 bits per heavy atom. The van der Waals surface area contributed by atoms with Gasteiger partial charge in [0.2, 0.25) is 10.0 Å². The van der Waals surface area contributed by atoms with Crippen molar-refractivity contribution in [3.05, 3.63) is 53.8 Å². The molecule has 0 fully saturated rings. The molecule has 1 aromatic heterocycles. The van der Waals surface area contributed by atoms with Gasteiger partial charge in [-0.3, -0.25) is 0 Å². The number of sulfonamides is 1. The largest absolute Gasteiger partial charge is 0.492 e. The zero-order chi connectivity index (χ0) is 14.4. The third kappa shape index (κ3) is 4.19. The van der Waals surface area contributed by atoms with Crippen LogP contribution in [0.1, 0.15) is 0 Å². The van der Waals surface area contributed by atoms with E-state index in [2.05, 4.69) is 9.71 Å². The van der Waals surface area contributed by atoms with E-state index < -0.39 is 10.0 Å². The van der Waals surface area contributed by atoms with Crippen molar-refractivity contribution < 1.29 is 13.2 Å². The fourth-order valence-electron chi connectivity index (χ4n) is 1.50. The van der Waals surface area contributed by atoms with Crippen molar-refractivity contribution in [2.45, 2.75) is 4.90 Å². The van der Waals surface area contributed by atoms with E-state index in [9.17, 15) is 8.42 Å². The fraction of sp³-hybridized carbons (Fsp3) is 0.154. The molecule has 0 saturated heterocycles. The number of hydrogen-bond donors (Lipinski definition) is 1. The molecule has 0 aliphatic carbocycles. The Labute approximate surface area is 122 Å². The minimum atomic E-state index is -3.59. The van der Waals surface area contributed by atoms with Crippen LogP contribution in [0.5, 0.6) is 5.75 Å². The summed E-state index contributed by atoms with van der Waals surface area (Å²) in [6.07, 6.45) is 1.34. The number of aromatic nitrogens is 1. The molecule has 7 heteroatoms. The van der Waals surface area contributed by atoms with E-state index in [1.165, 1.54) is 18.3 Å². The monoisotopic (exact) mass is 312 g/mol. The van der Waals surface area contributed by atoms with Crippen LogP contribution in [0.3, 0.4) is 0 Å². The third-order valence-corrected chi connectivity index (χ3v) is 4.08. The molecule has 0 aliphatic heterocycles. The average molecular weight is 313 g/mol. The number of nitrogens with zero attached hydrogens (tertiary/aromatic N) is 1. The first-order valence-corrected chi connectivity index (χ1v) is 7.73. The summed E-state index contributed by atoms with van der Waals surface area (Å²) in [5.74, 6) is 0.693. The van der Waals surface area contributed by atoms with Crippen molar-refractivity contribution in [3.8, 4) is 5.75 Å². The summed E-state index contributed by atoms with van der Waals surface area (Å²) in [5, 5.41) is 0.133. The molecule has 0 saturated carbocycles. The maximum Gasteiger partial charge on any atom is 0.240 e. The highest BCUT2D eigenvalue weighted by Gasteiger charge is 2.13. The van der Waals surface area contributed by atoms with Gasteiger partial charge >= 0.3 is 0 Å². The van der Waals surface area contributed by atoms with Gasteiger partial charge in [-0.2, -0.15) is 0 Å². The van der Waals surface area contributed by atoms with E-state index in [1.54, 1.807) is 12.1 Å². The number of pyridine rings is 1. The first-order chi connectivity index (χ1) is 9.58. The third-order valence-electron chi connectivity index (χ3n) is 2.41. The minimum absolute atomic E-state index is 0.0808. The van der Waals surface area contributed by atoms with Crippen LogP contribution in [0.2, 0.25) is 5.15 Å². The van der Waals surface area contributed by atoms with Crippen LogP contribution < -0.4 is 9.46 Å². The normalized spacial score (nSPS) is 11.2. The van der Waals surface area contributed by atoms with Gasteiger partial charge in [0.05, 0.1) is 4.90 Å². The molecule has 0 spiro atoms. The maximum atomic E-state index is 11.9. The van der Waals surface area contributed by atoms with Gasteiger partial charge in [0, 0.05) is 12.7 Å². The van der Waals surface area contributed by atoms with Crippen LogP contribution in [0, 0.1) is 0 Å². The Morgan fingerprint density at radius 3 is 2.65 bits per heavy atom. The molecule has 0 unspecified atom stereocenters. The van der Waals surface area contributed by atoms with Gasteiger partial charge in [0.15, 0.2) is 0 Å². The van der Waals surface area contributed by atoms with Crippen molar-refractivity contribution in [2.24, 2.45) is 0 Å². The summed E-state index contributed by atoms with van der Waals surface area (Å²) < 4.78 is 31.7. The first kappa shape index (κ1) is 14.8. The van der Waals surface area contributed by atoms with Crippen molar-refractivity contribution in [1.82, 2.24) is 9.71 Å². The Hall–Kier alpha value is -1.63. The molecule has 0 aliphatic rings. The molecule has 1 heterocycles. The van der Waals surface area contributed by atoms with Crippen LogP contribution in [-0.4, -0.2) is 26.6 Å². The Bertz CT molecular complexity index is 662. The summed E-state index contributed by atoms with van der Waals surface area (Å²) in [6, 6.07) is 11.8. The minimum Gasteiger partial charge on any atom is -0.492 e. The van der Waals surface area contributed by atoms with Crippen molar-refractivity contribution in [3.63, 3.8) is 0 Å². The number of ether oxygens (including phenoxy) is 1. The van der Waals surface area contributed by atoms with Crippen LogP contribution in [-0.2, 0) is 10.0 Å². The molecular formula is C13H13ClN2O3S. The number of nitrogens with one attached hydrogen (secondary N) is 1. The first-order valence-electron chi connectivity index (χ1n) is 5.87. The summed E-state index contributed by atoms with van der Waals surface area (Å²) in [7, 11) is -3.59. The van der Waals surface area contributed by atoms with Gasteiger partial charge in [0.25, 0.3) is 0 Å². The molecule has 20 heavy (non-hydrogen) atoms. The molecule has 2 rings (SSSR count). The second-order valence-corrected chi connectivity index (χ2v) is 6.03. The van der Waals surface area contributed by atoms with E-state index in [0.29, 0.717) is 5.75 Å². The molecule has 5 nitrogen and oxygen atoms in total. The van der Waals surface area contributed by atoms with Crippen LogP contribution >= 0.6 is 11.6 Å². The summed E-state index contributed by atoms with van der Waals surface area (Å²) >= 11 is 5.66. The zero-order valence-electron chi connectivity index (χ0n) is 10.5. The fourth-order valence-corrected chi connectivity index (χ4v) is 2.76. The summed E-state index contributed by atoms with van der Waals surface area (Å²) in [6.45, 7) is 0.402. The maximum absolute atomic E-state index is 11.9. The van der Waals surface area contributed by atoms with E-state index in [0.717, 1.165) is 0 Å². The lowest BCUT2D eigenvalue weighted by Crippen LogP contribution is -2.28. The van der Waals surface area contributed by atoms with Crippen molar-refractivity contribution >= 4 is 21.6 Å².